The molecule has 1 saturated heterocycles. The molecule has 1 atom stereocenters. The van der Waals surface area contributed by atoms with Crippen LogP contribution in [0.15, 0.2) is 16.6 Å². The van der Waals surface area contributed by atoms with Crippen molar-refractivity contribution < 1.29 is 19.2 Å². The third-order valence-corrected chi connectivity index (χ3v) is 3.66. The number of hydrogen-bond donors (Lipinski definition) is 2. The van der Waals surface area contributed by atoms with Gasteiger partial charge in [-0.15, -0.1) is 0 Å². The minimum Gasteiger partial charge on any atom is -0.465 e. The summed E-state index contributed by atoms with van der Waals surface area (Å²) in [6.07, 6.45) is -0.484. The largest absolute Gasteiger partial charge is 0.465 e. The molecule has 1 fully saturated rings. The van der Waals surface area contributed by atoms with Crippen molar-refractivity contribution in [2.45, 2.75) is 12.5 Å². The Labute approximate surface area is 121 Å². The number of nitro benzene ring substituents is 1. The van der Waals surface area contributed by atoms with Gasteiger partial charge in [-0.25, -0.2) is 9.18 Å². The van der Waals surface area contributed by atoms with Gasteiger partial charge in [-0.3, -0.25) is 10.1 Å². The molecule has 1 aromatic carbocycles. The standard InChI is InChI=1S/C11H11BrFN3O4/c12-7-3-9(10(16(19)20)4-8(7)13)14-6-1-2-15(5-6)11(17)18/h3-4,6,14H,1-2,5H2,(H,17,18)/t6-/m0/s1. The minimum absolute atomic E-state index is 0.110. The minimum atomic E-state index is -1.02. The van der Waals surface area contributed by atoms with Crippen LogP contribution in [0.3, 0.4) is 0 Å². The molecule has 1 aromatic rings. The van der Waals surface area contributed by atoms with E-state index in [9.17, 15) is 19.3 Å². The number of rotatable bonds is 3. The average Bonchev–Trinajstić information content (AvgIpc) is 2.82. The normalized spacial score (nSPS) is 18.1. The fourth-order valence-electron chi connectivity index (χ4n) is 2.07. The van der Waals surface area contributed by atoms with Crippen molar-refractivity contribution in [3.63, 3.8) is 0 Å². The van der Waals surface area contributed by atoms with Crippen LogP contribution in [0, 0.1) is 15.9 Å². The molecule has 20 heavy (non-hydrogen) atoms. The Bertz CT molecular complexity index is 569. The Balaban J connectivity index is 2.19. The molecule has 0 radical (unpaired) electrons. The van der Waals surface area contributed by atoms with Crippen LogP contribution in [0.4, 0.5) is 20.6 Å². The molecule has 0 saturated carbocycles. The molecule has 1 amide bonds. The molecular formula is C11H11BrFN3O4. The molecule has 2 rings (SSSR count). The first-order valence-electron chi connectivity index (χ1n) is 5.76. The summed E-state index contributed by atoms with van der Waals surface area (Å²) in [5.74, 6) is -0.721. The van der Waals surface area contributed by atoms with E-state index < -0.39 is 16.8 Å². The van der Waals surface area contributed by atoms with Crippen LogP contribution < -0.4 is 5.32 Å². The molecule has 1 heterocycles. The third-order valence-electron chi connectivity index (χ3n) is 3.05. The van der Waals surface area contributed by atoms with Gasteiger partial charge in [-0.05, 0) is 28.4 Å². The Morgan fingerprint density at radius 1 is 1.60 bits per heavy atom. The lowest BCUT2D eigenvalue weighted by Crippen LogP contribution is -2.30. The Kier molecular flexibility index (Phi) is 4.07. The molecule has 0 aromatic heterocycles. The molecule has 9 heteroatoms. The zero-order valence-electron chi connectivity index (χ0n) is 10.2. The first kappa shape index (κ1) is 14.5. The van der Waals surface area contributed by atoms with Crippen molar-refractivity contribution in [2.24, 2.45) is 0 Å². The first-order valence-corrected chi connectivity index (χ1v) is 6.55. The smallest absolute Gasteiger partial charge is 0.407 e. The van der Waals surface area contributed by atoms with Crippen LogP contribution >= 0.6 is 15.9 Å². The number of nitrogens with one attached hydrogen (secondary N) is 1. The van der Waals surface area contributed by atoms with Gasteiger partial charge in [0.25, 0.3) is 5.69 Å². The van der Waals surface area contributed by atoms with Gasteiger partial charge in [-0.2, -0.15) is 0 Å². The van der Waals surface area contributed by atoms with Gasteiger partial charge in [-0.1, -0.05) is 0 Å². The Hall–Kier alpha value is -1.90. The van der Waals surface area contributed by atoms with Crippen molar-refractivity contribution >= 4 is 33.4 Å². The highest BCUT2D eigenvalue weighted by Gasteiger charge is 2.28. The van der Waals surface area contributed by atoms with Crippen molar-refractivity contribution in [3.8, 4) is 0 Å². The van der Waals surface area contributed by atoms with Gasteiger partial charge in [0.2, 0.25) is 0 Å². The number of hydrogen-bond acceptors (Lipinski definition) is 4. The number of benzene rings is 1. The number of halogens is 2. The van der Waals surface area contributed by atoms with Crippen molar-refractivity contribution in [2.75, 3.05) is 18.4 Å². The second kappa shape index (κ2) is 5.61. The summed E-state index contributed by atoms with van der Waals surface area (Å²) in [6.45, 7) is 0.602. The van der Waals surface area contributed by atoms with Crippen LogP contribution in [-0.4, -0.2) is 40.2 Å². The van der Waals surface area contributed by atoms with E-state index in [4.69, 9.17) is 5.11 Å². The van der Waals surface area contributed by atoms with Crippen molar-refractivity contribution in [3.05, 3.63) is 32.5 Å². The fourth-order valence-corrected chi connectivity index (χ4v) is 2.42. The molecule has 0 aliphatic carbocycles. The van der Waals surface area contributed by atoms with E-state index >= 15 is 0 Å². The molecular weight excluding hydrogens is 337 g/mol. The molecule has 1 aliphatic rings. The number of nitrogens with zero attached hydrogens (tertiary/aromatic N) is 2. The average molecular weight is 348 g/mol. The van der Waals surface area contributed by atoms with Crippen LogP contribution in [0.5, 0.6) is 0 Å². The molecule has 0 unspecified atom stereocenters. The van der Waals surface area contributed by atoms with Gasteiger partial charge < -0.3 is 15.3 Å². The summed E-state index contributed by atoms with van der Waals surface area (Å²) in [5.41, 5.74) is -0.208. The van der Waals surface area contributed by atoms with Crippen LogP contribution in [0.25, 0.3) is 0 Å². The quantitative estimate of drug-likeness (QED) is 0.647. The maximum Gasteiger partial charge on any atom is 0.407 e. The molecule has 1 aliphatic heterocycles. The van der Waals surface area contributed by atoms with Gasteiger partial charge in [0, 0.05) is 19.1 Å². The molecule has 2 N–H and O–H groups in total. The van der Waals surface area contributed by atoms with Crippen molar-refractivity contribution in [1.29, 1.82) is 0 Å². The molecule has 0 bridgehead atoms. The predicted octanol–water partition coefficient (Wildman–Crippen LogP) is 2.66. The number of carboxylic acid groups (broad SMARTS) is 1. The van der Waals surface area contributed by atoms with E-state index in [2.05, 4.69) is 21.2 Å². The van der Waals surface area contributed by atoms with Crippen LogP contribution in [0.1, 0.15) is 6.42 Å². The highest BCUT2D eigenvalue weighted by Crippen LogP contribution is 2.31. The first-order chi connectivity index (χ1) is 9.38. The fraction of sp³-hybridized carbons (Fsp3) is 0.364. The van der Waals surface area contributed by atoms with E-state index in [-0.39, 0.29) is 28.4 Å². The van der Waals surface area contributed by atoms with E-state index in [1.807, 2.05) is 0 Å². The number of likely N-dealkylation sites (tertiary alicyclic amines) is 1. The van der Waals surface area contributed by atoms with E-state index in [1.165, 1.54) is 11.0 Å². The predicted molar refractivity (Wildman–Crippen MR) is 72.4 cm³/mol. The second-order valence-corrected chi connectivity index (χ2v) is 5.25. The lowest BCUT2D eigenvalue weighted by atomic mass is 10.2. The SMILES string of the molecule is O=C(O)N1CC[C@H](Nc2cc(Br)c(F)cc2[N+](=O)[O-])C1. The maximum atomic E-state index is 13.3. The molecule has 108 valence electrons. The summed E-state index contributed by atoms with van der Waals surface area (Å²) in [4.78, 5) is 22.3. The topological polar surface area (TPSA) is 95.7 Å². The Morgan fingerprint density at radius 3 is 2.85 bits per heavy atom. The van der Waals surface area contributed by atoms with Crippen LogP contribution in [0.2, 0.25) is 0 Å². The number of nitro groups is 1. The van der Waals surface area contributed by atoms with Gasteiger partial charge in [0.15, 0.2) is 0 Å². The highest BCUT2D eigenvalue weighted by atomic mass is 79.9. The summed E-state index contributed by atoms with van der Waals surface area (Å²) in [7, 11) is 0. The van der Waals surface area contributed by atoms with E-state index in [0.29, 0.717) is 13.0 Å². The molecule has 0 spiro atoms. The van der Waals surface area contributed by atoms with Crippen LogP contribution in [-0.2, 0) is 0 Å². The second-order valence-electron chi connectivity index (χ2n) is 4.40. The molecule has 7 nitrogen and oxygen atoms in total. The number of anilines is 1. The zero-order chi connectivity index (χ0) is 14.9. The summed E-state index contributed by atoms with van der Waals surface area (Å²) in [6, 6.07) is 1.88. The summed E-state index contributed by atoms with van der Waals surface area (Å²) < 4.78 is 13.4. The van der Waals surface area contributed by atoms with E-state index in [0.717, 1.165) is 6.07 Å². The Morgan fingerprint density at radius 2 is 2.30 bits per heavy atom. The summed E-state index contributed by atoms with van der Waals surface area (Å²) >= 11 is 2.97. The monoisotopic (exact) mass is 347 g/mol. The van der Waals surface area contributed by atoms with E-state index in [1.54, 1.807) is 0 Å². The maximum absolute atomic E-state index is 13.3. The highest BCUT2D eigenvalue weighted by molar-refractivity contribution is 9.10. The third kappa shape index (κ3) is 2.98. The van der Waals surface area contributed by atoms with Gasteiger partial charge >= 0.3 is 6.09 Å². The lowest BCUT2D eigenvalue weighted by molar-refractivity contribution is -0.384. The summed E-state index contributed by atoms with van der Waals surface area (Å²) in [5, 5.41) is 22.7. The number of carbonyl (C=O) groups is 1. The zero-order valence-corrected chi connectivity index (χ0v) is 11.8. The van der Waals surface area contributed by atoms with Crippen molar-refractivity contribution in [1.82, 2.24) is 4.90 Å². The number of amides is 1. The van der Waals surface area contributed by atoms with Gasteiger partial charge in [0.05, 0.1) is 15.5 Å². The lowest BCUT2D eigenvalue weighted by Gasteiger charge is -2.15. The van der Waals surface area contributed by atoms with Gasteiger partial charge in [0.1, 0.15) is 11.5 Å².